The van der Waals surface area contributed by atoms with Gasteiger partial charge in [0, 0.05) is 17.5 Å². The zero-order chi connectivity index (χ0) is 10.7. The lowest BCUT2D eigenvalue weighted by Gasteiger charge is -2.09. The van der Waals surface area contributed by atoms with Crippen LogP contribution in [0.15, 0.2) is 18.2 Å². The molecule has 5 heteroatoms. The van der Waals surface area contributed by atoms with Crippen LogP contribution in [-0.2, 0) is 0 Å². The number of phenols is 1. The Balaban J connectivity index is 3.22. The van der Waals surface area contributed by atoms with Crippen LogP contribution in [0, 0.1) is 10.1 Å². The number of rotatable bonds is 3. The maximum absolute atomic E-state index is 10.6. The normalized spacial score (nSPS) is 12.4. The maximum Gasteiger partial charge on any atom is 0.273 e. The minimum atomic E-state index is -0.471. The third-order valence-electron chi connectivity index (χ3n) is 2.09. The number of nitro groups is 1. The number of benzene rings is 1. The van der Waals surface area contributed by atoms with Gasteiger partial charge in [0.2, 0.25) is 0 Å². The molecular weight excluding hydrogens is 184 g/mol. The highest BCUT2D eigenvalue weighted by molar-refractivity contribution is 5.46. The second kappa shape index (κ2) is 4.06. The van der Waals surface area contributed by atoms with Crippen LogP contribution in [0.4, 0.5) is 5.69 Å². The standard InChI is InChI=1S/C9H12N2O3/c1-6(5-10)8-4-7(12)2-3-9(8)11(13)14/h2-4,6,12H,5,10H2,1H3. The van der Waals surface area contributed by atoms with E-state index in [2.05, 4.69) is 0 Å². The molecule has 0 amide bonds. The summed E-state index contributed by atoms with van der Waals surface area (Å²) >= 11 is 0. The van der Waals surface area contributed by atoms with Gasteiger partial charge in [0.25, 0.3) is 5.69 Å². The van der Waals surface area contributed by atoms with Crippen molar-refractivity contribution < 1.29 is 10.0 Å². The lowest BCUT2D eigenvalue weighted by atomic mass is 9.99. The number of aromatic hydroxyl groups is 1. The summed E-state index contributed by atoms with van der Waals surface area (Å²) in [5.41, 5.74) is 5.89. The van der Waals surface area contributed by atoms with Crippen LogP contribution in [-0.4, -0.2) is 16.6 Å². The largest absolute Gasteiger partial charge is 0.508 e. The molecule has 0 saturated heterocycles. The smallest absolute Gasteiger partial charge is 0.273 e. The van der Waals surface area contributed by atoms with Crippen LogP contribution in [0.2, 0.25) is 0 Å². The summed E-state index contributed by atoms with van der Waals surface area (Å²) in [5, 5.41) is 19.8. The van der Waals surface area contributed by atoms with Gasteiger partial charge in [-0.15, -0.1) is 0 Å². The van der Waals surface area contributed by atoms with Gasteiger partial charge in [-0.05, 0) is 18.7 Å². The maximum atomic E-state index is 10.6. The van der Waals surface area contributed by atoms with E-state index in [9.17, 15) is 15.2 Å². The van der Waals surface area contributed by atoms with E-state index in [1.54, 1.807) is 6.92 Å². The molecule has 0 fully saturated rings. The molecule has 0 aliphatic heterocycles. The molecule has 0 radical (unpaired) electrons. The fourth-order valence-electron chi connectivity index (χ4n) is 1.23. The molecule has 14 heavy (non-hydrogen) atoms. The number of nitrogens with two attached hydrogens (primary N) is 1. The first-order chi connectivity index (χ1) is 6.56. The summed E-state index contributed by atoms with van der Waals surface area (Å²) in [7, 11) is 0. The lowest BCUT2D eigenvalue weighted by molar-refractivity contribution is -0.385. The highest BCUT2D eigenvalue weighted by atomic mass is 16.6. The molecule has 5 nitrogen and oxygen atoms in total. The molecule has 1 aromatic carbocycles. The Morgan fingerprint density at radius 1 is 1.64 bits per heavy atom. The van der Waals surface area contributed by atoms with Crippen molar-refractivity contribution in [2.75, 3.05) is 6.54 Å². The fraction of sp³-hybridized carbons (Fsp3) is 0.333. The number of nitro benzene ring substituents is 1. The predicted octanol–water partition coefficient (Wildman–Crippen LogP) is 1.36. The zero-order valence-electron chi connectivity index (χ0n) is 7.80. The zero-order valence-corrected chi connectivity index (χ0v) is 7.80. The van der Waals surface area contributed by atoms with Gasteiger partial charge >= 0.3 is 0 Å². The monoisotopic (exact) mass is 196 g/mol. The van der Waals surface area contributed by atoms with Crippen LogP contribution in [0.3, 0.4) is 0 Å². The molecule has 0 aliphatic carbocycles. The number of nitrogens with zero attached hydrogens (tertiary/aromatic N) is 1. The molecule has 1 aromatic rings. The van der Waals surface area contributed by atoms with Crippen LogP contribution in [0.5, 0.6) is 5.75 Å². The Hall–Kier alpha value is -1.62. The first-order valence-electron chi connectivity index (χ1n) is 4.23. The molecule has 1 rings (SSSR count). The van der Waals surface area contributed by atoms with Crippen molar-refractivity contribution in [3.05, 3.63) is 33.9 Å². The molecule has 0 saturated carbocycles. The van der Waals surface area contributed by atoms with Gasteiger partial charge in [0.1, 0.15) is 5.75 Å². The molecule has 0 heterocycles. The van der Waals surface area contributed by atoms with Gasteiger partial charge in [-0.1, -0.05) is 6.92 Å². The van der Waals surface area contributed by atoms with Crippen LogP contribution in [0.25, 0.3) is 0 Å². The summed E-state index contributed by atoms with van der Waals surface area (Å²) in [6.07, 6.45) is 0. The first kappa shape index (κ1) is 10.5. The van der Waals surface area contributed by atoms with E-state index in [-0.39, 0.29) is 17.4 Å². The van der Waals surface area contributed by atoms with Crippen molar-refractivity contribution in [2.45, 2.75) is 12.8 Å². The molecule has 0 spiro atoms. The van der Waals surface area contributed by atoms with Gasteiger partial charge in [0.15, 0.2) is 0 Å². The Morgan fingerprint density at radius 3 is 2.79 bits per heavy atom. The Labute approximate surface area is 81.3 Å². The molecular formula is C9H12N2O3. The molecule has 1 unspecified atom stereocenters. The summed E-state index contributed by atoms with van der Waals surface area (Å²) in [4.78, 5) is 10.2. The van der Waals surface area contributed by atoms with Crippen molar-refractivity contribution in [3.8, 4) is 5.75 Å². The Kier molecular flexibility index (Phi) is 3.03. The van der Waals surface area contributed by atoms with Gasteiger partial charge in [-0.2, -0.15) is 0 Å². The first-order valence-corrected chi connectivity index (χ1v) is 4.23. The van der Waals surface area contributed by atoms with Crippen LogP contribution < -0.4 is 5.73 Å². The average Bonchev–Trinajstić information content (AvgIpc) is 2.16. The average molecular weight is 196 g/mol. The molecule has 3 N–H and O–H groups in total. The van der Waals surface area contributed by atoms with E-state index >= 15 is 0 Å². The predicted molar refractivity (Wildman–Crippen MR) is 52.2 cm³/mol. The molecule has 0 bridgehead atoms. The minimum Gasteiger partial charge on any atom is -0.508 e. The van der Waals surface area contributed by atoms with Gasteiger partial charge in [-0.3, -0.25) is 10.1 Å². The van der Waals surface area contributed by atoms with E-state index in [4.69, 9.17) is 5.73 Å². The van der Waals surface area contributed by atoms with Crippen molar-refractivity contribution >= 4 is 5.69 Å². The number of hydrogen-bond donors (Lipinski definition) is 2. The second-order valence-corrected chi connectivity index (χ2v) is 3.14. The van der Waals surface area contributed by atoms with Crippen LogP contribution in [0.1, 0.15) is 18.4 Å². The minimum absolute atomic E-state index is 0.000694. The highest BCUT2D eigenvalue weighted by Gasteiger charge is 2.18. The number of phenolic OH excluding ortho intramolecular Hbond substituents is 1. The summed E-state index contributed by atoms with van der Waals surface area (Å²) in [5.74, 6) is -0.117. The van der Waals surface area contributed by atoms with E-state index in [1.807, 2.05) is 0 Å². The van der Waals surface area contributed by atoms with E-state index in [0.717, 1.165) is 0 Å². The van der Waals surface area contributed by atoms with Crippen molar-refractivity contribution in [1.82, 2.24) is 0 Å². The summed E-state index contributed by atoms with van der Waals surface area (Å²) in [6, 6.07) is 3.97. The SMILES string of the molecule is CC(CN)c1cc(O)ccc1[N+](=O)[O-]. The van der Waals surface area contributed by atoms with E-state index in [1.165, 1.54) is 18.2 Å². The van der Waals surface area contributed by atoms with Gasteiger partial charge in [-0.25, -0.2) is 0 Å². The van der Waals surface area contributed by atoms with Crippen LogP contribution >= 0.6 is 0 Å². The quantitative estimate of drug-likeness (QED) is 0.564. The molecule has 76 valence electrons. The fourth-order valence-corrected chi connectivity index (χ4v) is 1.23. The topological polar surface area (TPSA) is 89.4 Å². The molecule has 1 atom stereocenters. The molecule has 0 aliphatic rings. The third kappa shape index (κ3) is 2.00. The second-order valence-electron chi connectivity index (χ2n) is 3.14. The highest BCUT2D eigenvalue weighted by Crippen LogP contribution is 2.29. The Morgan fingerprint density at radius 2 is 2.29 bits per heavy atom. The third-order valence-corrected chi connectivity index (χ3v) is 2.09. The van der Waals surface area contributed by atoms with Gasteiger partial charge in [0.05, 0.1) is 4.92 Å². The van der Waals surface area contributed by atoms with Crippen molar-refractivity contribution in [1.29, 1.82) is 0 Å². The van der Waals surface area contributed by atoms with E-state index in [0.29, 0.717) is 12.1 Å². The van der Waals surface area contributed by atoms with Crippen molar-refractivity contribution in [3.63, 3.8) is 0 Å². The van der Waals surface area contributed by atoms with Gasteiger partial charge < -0.3 is 10.8 Å². The summed E-state index contributed by atoms with van der Waals surface area (Å²) in [6.45, 7) is 2.09. The van der Waals surface area contributed by atoms with E-state index < -0.39 is 4.92 Å². The Bertz CT molecular complexity index is 352. The lowest BCUT2D eigenvalue weighted by Crippen LogP contribution is -2.10. The molecule has 0 aromatic heterocycles. The number of hydrogen-bond acceptors (Lipinski definition) is 4. The summed E-state index contributed by atoms with van der Waals surface area (Å²) < 4.78 is 0. The van der Waals surface area contributed by atoms with Crippen molar-refractivity contribution in [2.24, 2.45) is 5.73 Å².